The third-order valence-electron chi connectivity index (χ3n) is 15.4. The molecule has 0 aromatic heterocycles. The fourth-order valence-electron chi connectivity index (χ4n) is 11.7. The average molecular weight is 1000 g/mol. The van der Waals surface area contributed by atoms with Gasteiger partial charge in [-0.05, 0) is 160 Å². The zero-order chi connectivity index (χ0) is 52.0. The minimum absolute atomic E-state index is 0.547. The molecule has 1 aliphatic carbocycles. The highest BCUT2D eigenvalue weighted by Crippen LogP contribution is 2.58. The molecular weight excluding hydrogens is 945 g/mol. The highest BCUT2D eigenvalue weighted by molar-refractivity contribution is 6.00. The van der Waals surface area contributed by atoms with Crippen molar-refractivity contribution in [1.29, 1.82) is 0 Å². The van der Waals surface area contributed by atoms with E-state index in [2.05, 4.69) is 263 Å². The molecule has 0 N–H and O–H groups in total. The molecule has 0 saturated heterocycles. The van der Waals surface area contributed by atoms with Crippen molar-refractivity contribution in [3.8, 4) is 17.2 Å². The van der Waals surface area contributed by atoms with Gasteiger partial charge in [0.05, 0.1) is 32.6 Å². The van der Waals surface area contributed by atoms with E-state index in [0.717, 1.165) is 79.8 Å². The van der Waals surface area contributed by atoms with Crippen LogP contribution in [0.2, 0.25) is 0 Å². The predicted octanol–water partition coefficient (Wildman–Crippen LogP) is 18.5. The molecule has 0 saturated carbocycles. The van der Waals surface area contributed by atoms with E-state index < -0.39 is 5.54 Å². The van der Waals surface area contributed by atoms with Gasteiger partial charge in [0.2, 0.25) is 0 Å². The number of benzene rings is 11. The highest BCUT2D eigenvalue weighted by Gasteiger charge is 2.48. The summed E-state index contributed by atoms with van der Waals surface area (Å²) in [6, 6.07) is 86.9. The van der Waals surface area contributed by atoms with Crippen LogP contribution < -0.4 is 33.8 Å². The molecule has 0 bridgehead atoms. The number of rotatable bonds is 13. The second-order valence-electron chi connectivity index (χ2n) is 19.9. The predicted molar refractivity (Wildman–Crippen MR) is 321 cm³/mol. The van der Waals surface area contributed by atoms with E-state index in [1.54, 1.807) is 21.3 Å². The lowest BCUT2D eigenvalue weighted by molar-refractivity contribution is 0.415. The Kier molecular flexibility index (Phi) is 11.9. The first kappa shape index (κ1) is 47.0. The minimum atomic E-state index is -0.547. The largest absolute Gasteiger partial charge is 0.497 e. The molecule has 11 aromatic carbocycles. The van der Waals surface area contributed by atoms with Gasteiger partial charge in [0.15, 0.2) is 0 Å². The maximum absolute atomic E-state index is 5.86. The lowest BCUT2D eigenvalue weighted by atomic mass is 9.81. The molecule has 77 heavy (non-hydrogen) atoms. The van der Waals surface area contributed by atoms with Crippen molar-refractivity contribution >= 4 is 94.8 Å². The topological polar surface area (TPSA) is 40.7 Å². The van der Waals surface area contributed by atoms with Crippen molar-refractivity contribution in [1.82, 2.24) is 0 Å². The van der Waals surface area contributed by atoms with Crippen LogP contribution in [0.5, 0.6) is 17.2 Å². The Balaban J connectivity index is 0.986. The molecule has 0 spiro atoms. The lowest BCUT2D eigenvalue weighted by Gasteiger charge is -2.43. The molecule has 1 atom stereocenters. The Bertz CT molecular complexity index is 4110. The van der Waals surface area contributed by atoms with E-state index in [4.69, 9.17) is 14.2 Å². The number of nitrogens with zero attached hydrogens (tertiary/aromatic N) is 4. The third-order valence-corrected chi connectivity index (χ3v) is 15.4. The summed E-state index contributed by atoms with van der Waals surface area (Å²) in [6.45, 7) is 2.41. The Morgan fingerprint density at radius 3 is 1.22 bits per heavy atom. The molecule has 1 unspecified atom stereocenters. The number of hydrogen-bond acceptors (Lipinski definition) is 7. The smallest absolute Gasteiger partial charge is 0.120 e. The third kappa shape index (κ3) is 8.52. The van der Waals surface area contributed by atoms with Crippen LogP contribution in [-0.4, -0.2) is 26.9 Å². The van der Waals surface area contributed by atoms with Crippen LogP contribution in [-0.2, 0) is 0 Å². The van der Waals surface area contributed by atoms with Gasteiger partial charge < -0.3 is 33.8 Å². The molecule has 1 aliphatic heterocycles. The number of ether oxygens (including phenoxy) is 3. The summed E-state index contributed by atoms with van der Waals surface area (Å²) in [5.41, 5.74) is 13.5. The van der Waals surface area contributed by atoms with Crippen molar-refractivity contribution in [3.05, 3.63) is 266 Å². The summed E-state index contributed by atoms with van der Waals surface area (Å²) in [6.07, 6.45) is 5.36. The number of allylic oxidation sites excluding steroid dienone is 2. The first-order valence-corrected chi connectivity index (χ1v) is 26.1. The van der Waals surface area contributed by atoms with Crippen LogP contribution in [0.3, 0.4) is 0 Å². The summed E-state index contributed by atoms with van der Waals surface area (Å²) in [5.74, 6) is 2.38. The Labute approximate surface area is 450 Å². The SMILES string of the molecule is COc1cccc(N(C2=CC=C3c4ccc(N(c5cccc(OC)c5)c5ccc6ccccc6c5)cc4N(c4ccc(N(c5cccc(OC)c5)c5ccc6ccccc6c5)cc4)C3(C)C2)c2ccc3ccccc3c2)c1. The first-order valence-electron chi connectivity index (χ1n) is 26.1. The van der Waals surface area contributed by atoms with Crippen molar-refractivity contribution in [3.63, 3.8) is 0 Å². The van der Waals surface area contributed by atoms with E-state index in [1.165, 1.54) is 43.5 Å². The van der Waals surface area contributed by atoms with E-state index in [0.29, 0.717) is 6.42 Å². The fraction of sp³-hybridized carbons (Fsp3) is 0.0857. The maximum atomic E-state index is 5.86. The van der Waals surface area contributed by atoms with Gasteiger partial charge in [-0.25, -0.2) is 0 Å². The highest BCUT2D eigenvalue weighted by atomic mass is 16.5. The molecule has 0 amide bonds. The van der Waals surface area contributed by atoms with Crippen LogP contribution in [0.15, 0.2) is 261 Å². The van der Waals surface area contributed by atoms with E-state index in [9.17, 15) is 0 Å². The molecule has 2 aliphatic rings. The van der Waals surface area contributed by atoms with Gasteiger partial charge in [-0.2, -0.15) is 0 Å². The minimum Gasteiger partial charge on any atom is -0.497 e. The number of anilines is 10. The van der Waals surface area contributed by atoms with Crippen LogP contribution >= 0.6 is 0 Å². The van der Waals surface area contributed by atoms with Gasteiger partial charge in [0, 0.05) is 87.1 Å². The van der Waals surface area contributed by atoms with Gasteiger partial charge >= 0.3 is 0 Å². The summed E-state index contributed by atoms with van der Waals surface area (Å²) in [7, 11) is 5.18. The molecule has 7 nitrogen and oxygen atoms in total. The van der Waals surface area contributed by atoms with Crippen molar-refractivity contribution in [2.45, 2.75) is 18.9 Å². The zero-order valence-corrected chi connectivity index (χ0v) is 43.5. The van der Waals surface area contributed by atoms with Crippen LogP contribution in [0.25, 0.3) is 37.9 Å². The maximum Gasteiger partial charge on any atom is 0.120 e. The van der Waals surface area contributed by atoms with Gasteiger partial charge in [0.1, 0.15) is 17.2 Å². The van der Waals surface area contributed by atoms with Gasteiger partial charge in [0.25, 0.3) is 0 Å². The van der Waals surface area contributed by atoms with E-state index in [-0.39, 0.29) is 0 Å². The van der Waals surface area contributed by atoms with Crippen molar-refractivity contribution in [2.24, 2.45) is 0 Å². The molecular formula is C70H56N4O3. The molecule has 13 rings (SSSR count). The molecule has 1 heterocycles. The quantitative estimate of drug-likeness (QED) is 0.114. The number of hydrogen-bond donors (Lipinski definition) is 0. The Morgan fingerprint density at radius 1 is 0.351 bits per heavy atom. The van der Waals surface area contributed by atoms with Crippen LogP contribution in [0.4, 0.5) is 56.9 Å². The Hall–Kier alpha value is -9.72. The Morgan fingerprint density at radius 2 is 0.740 bits per heavy atom. The van der Waals surface area contributed by atoms with Crippen LogP contribution in [0.1, 0.15) is 18.9 Å². The number of fused-ring (bicyclic) bond motifs is 6. The monoisotopic (exact) mass is 1000 g/mol. The standard InChI is InChI=1S/C70H56N4O3/c1-70-47-63(73(58-22-13-25-66(45-58)77-4)61-31-28-50-16-7-10-19-53(50)42-61)37-39-68(70)67-38-36-62(72(57-21-12-24-65(44-57)76-3)60-30-27-49-15-6-9-18-52(49)41-60)46-69(67)74(70)55-34-32-54(33-35-55)71(56-20-11-23-64(43-56)75-2)59-29-26-48-14-5-8-17-51(48)40-59/h5-46H,47H2,1-4H3. The molecule has 0 fully saturated rings. The molecule has 0 radical (unpaired) electrons. The second-order valence-corrected chi connectivity index (χ2v) is 19.9. The number of methoxy groups -OCH3 is 3. The summed E-state index contributed by atoms with van der Waals surface area (Å²) < 4.78 is 17.5. The van der Waals surface area contributed by atoms with Gasteiger partial charge in [-0.15, -0.1) is 0 Å². The van der Waals surface area contributed by atoms with Crippen molar-refractivity contribution < 1.29 is 14.2 Å². The lowest BCUT2D eigenvalue weighted by Crippen LogP contribution is -2.43. The normalized spacial score (nSPS) is 14.6. The summed E-state index contributed by atoms with van der Waals surface area (Å²) >= 11 is 0. The average Bonchev–Trinajstić information content (AvgIpc) is 3.87. The van der Waals surface area contributed by atoms with Crippen LogP contribution in [0, 0.1) is 0 Å². The zero-order valence-electron chi connectivity index (χ0n) is 43.5. The van der Waals surface area contributed by atoms with E-state index in [1.807, 2.05) is 18.2 Å². The molecule has 7 heteroatoms. The summed E-state index contributed by atoms with van der Waals surface area (Å²) in [4.78, 5) is 9.64. The van der Waals surface area contributed by atoms with Crippen molar-refractivity contribution in [2.75, 3.05) is 40.9 Å². The van der Waals surface area contributed by atoms with Gasteiger partial charge in [-0.1, -0.05) is 121 Å². The fourth-order valence-corrected chi connectivity index (χ4v) is 11.7. The van der Waals surface area contributed by atoms with E-state index >= 15 is 0 Å². The second kappa shape index (κ2) is 19.5. The van der Waals surface area contributed by atoms with Gasteiger partial charge in [-0.3, -0.25) is 0 Å². The summed E-state index contributed by atoms with van der Waals surface area (Å²) in [5, 5.41) is 7.10. The molecule has 374 valence electrons. The molecule has 11 aromatic rings. The first-order chi connectivity index (χ1) is 37.8.